The molecule has 0 aromatic rings. The number of ether oxygens (including phenoxy) is 4. The molecule has 0 spiro atoms. The highest BCUT2D eigenvalue weighted by Gasteiger charge is 2.30. The van der Waals surface area contributed by atoms with E-state index >= 15 is 0 Å². The Hall–Kier alpha value is -1.94. The van der Waals surface area contributed by atoms with E-state index in [0.717, 1.165) is 120 Å². The van der Waals surface area contributed by atoms with E-state index in [1.54, 1.807) is 0 Å². The fourth-order valence-electron chi connectivity index (χ4n) is 10.5. The van der Waals surface area contributed by atoms with Crippen LogP contribution in [-0.2, 0) is 65.4 Å². The smallest absolute Gasteiger partial charge is 0.462 e. The van der Waals surface area contributed by atoms with Crippen LogP contribution in [0.3, 0.4) is 0 Å². The van der Waals surface area contributed by atoms with Crippen LogP contribution < -0.4 is 0 Å². The normalized spacial score (nSPS) is 14.5. The molecule has 3 N–H and O–H groups in total. The van der Waals surface area contributed by atoms with Gasteiger partial charge in [0.2, 0.25) is 0 Å². The van der Waals surface area contributed by atoms with Crippen molar-refractivity contribution in [1.29, 1.82) is 0 Å². The Morgan fingerprint density at radius 1 is 0.326 bits per heavy atom. The minimum atomic E-state index is -4.95. The predicted molar refractivity (Wildman–Crippen MR) is 358 cm³/mol. The molecule has 19 heteroatoms. The van der Waals surface area contributed by atoms with E-state index in [1.165, 1.54) is 148 Å². The molecule has 0 amide bonds. The first-order valence-electron chi connectivity index (χ1n) is 36.4. The van der Waals surface area contributed by atoms with Gasteiger partial charge in [-0.25, -0.2) is 9.13 Å². The Morgan fingerprint density at radius 3 is 0.854 bits per heavy atom. The molecular weight excluding hydrogens is 1170 g/mol. The Bertz CT molecular complexity index is 1750. The molecule has 0 bridgehead atoms. The number of carbonyl (C=O) groups excluding carboxylic acids is 4. The molecule has 0 aliphatic heterocycles. The Balaban J connectivity index is 5.20. The number of phosphoric ester groups is 2. The van der Waals surface area contributed by atoms with Gasteiger partial charge in [-0.1, -0.05) is 299 Å². The lowest BCUT2D eigenvalue weighted by Crippen LogP contribution is -2.30. The Labute approximate surface area is 543 Å². The summed E-state index contributed by atoms with van der Waals surface area (Å²) < 4.78 is 68.2. The maximum Gasteiger partial charge on any atom is 0.472 e. The average Bonchev–Trinajstić information content (AvgIpc) is 3.67. The highest BCUT2D eigenvalue weighted by molar-refractivity contribution is 7.47. The van der Waals surface area contributed by atoms with E-state index in [2.05, 4.69) is 48.5 Å². The lowest BCUT2D eigenvalue weighted by atomic mass is 10.00. The zero-order valence-corrected chi connectivity index (χ0v) is 59.7. The average molecular weight is 1310 g/mol. The van der Waals surface area contributed by atoms with E-state index < -0.39 is 97.5 Å². The van der Waals surface area contributed by atoms with E-state index in [1.807, 2.05) is 0 Å². The van der Waals surface area contributed by atoms with Crippen molar-refractivity contribution in [3.05, 3.63) is 0 Å². The first-order chi connectivity index (χ1) is 42.8. The van der Waals surface area contributed by atoms with E-state index in [-0.39, 0.29) is 25.7 Å². The summed E-state index contributed by atoms with van der Waals surface area (Å²) >= 11 is 0. The first kappa shape index (κ1) is 87.1. The predicted octanol–water partition coefficient (Wildman–Crippen LogP) is 19.8. The van der Waals surface area contributed by atoms with Crippen molar-refractivity contribution in [2.75, 3.05) is 39.6 Å². The standard InChI is InChI=1S/C70H136O17P2/c1-8-10-11-12-27-37-44-51-67(72)80-57-66(87-70(75)54-47-40-33-32-36-43-50-63(7)9-2)60-85-89(78,79)83-56-64(71)55-82-88(76,77)84-59-65(58-81-68(73)52-45-38-30-25-22-18-20-24-29-35-42-49-62(5)6)86-69(74)53-46-39-31-26-21-17-15-13-14-16-19-23-28-34-41-48-61(3)4/h61-66,71H,8-60H2,1-7H3,(H,76,77)(H,78,79)/t63?,64-,65-,66-/m1/s1. The Kier molecular flexibility index (Phi) is 59.6. The van der Waals surface area contributed by atoms with Crippen molar-refractivity contribution in [2.45, 2.75) is 369 Å². The molecule has 0 fully saturated rings. The third-order valence-corrected chi connectivity index (χ3v) is 18.4. The summed E-state index contributed by atoms with van der Waals surface area (Å²) in [4.78, 5) is 72.4. The number of hydrogen-bond acceptors (Lipinski definition) is 15. The van der Waals surface area contributed by atoms with Crippen LogP contribution in [0.15, 0.2) is 0 Å². The third-order valence-electron chi connectivity index (χ3n) is 16.5. The molecule has 6 atom stereocenters. The summed E-state index contributed by atoms with van der Waals surface area (Å²) in [5, 5.41) is 10.6. The highest BCUT2D eigenvalue weighted by Crippen LogP contribution is 2.45. The zero-order chi connectivity index (χ0) is 65.9. The zero-order valence-electron chi connectivity index (χ0n) is 57.9. The number of carbonyl (C=O) groups is 4. The molecule has 0 radical (unpaired) electrons. The van der Waals surface area contributed by atoms with Gasteiger partial charge in [-0.15, -0.1) is 0 Å². The van der Waals surface area contributed by atoms with Crippen LogP contribution in [0.1, 0.15) is 350 Å². The van der Waals surface area contributed by atoms with Crippen LogP contribution in [0.5, 0.6) is 0 Å². The summed E-state index contributed by atoms with van der Waals surface area (Å²) in [5.74, 6) is 0.161. The highest BCUT2D eigenvalue weighted by atomic mass is 31.2. The summed E-state index contributed by atoms with van der Waals surface area (Å²) in [6.45, 7) is 11.8. The second-order valence-corrected chi connectivity index (χ2v) is 29.4. The van der Waals surface area contributed by atoms with Gasteiger partial charge in [-0.3, -0.25) is 37.3 Å². The topological polar surface area (TPSA) is 237 Å². The fourth-order valence-corrected chi connectivity index (χ4v) is 12.1. The van der Waals surface area contributed by atoms with E-state index in [9.17, 15) is 43.2 Å². The van der Waals surface area contributed by atoms with Crippen LogP contribution in [0.4, 0.5) is 0 Å². The van der Waals surface area contributed by atoms with Gasteiger partial charge in [-0.05, 0) is 43.4 Å². The van der Waals surface area contributed by atoms with Gasteiger partial charge in [0.05, 0.1) is 26.4 Å². The van der Waals surface area contributed by atoms with Gasteiger partial charge in [0.25, 0.3) is 0 Å². The van der Waals surface area contributed by atoms with Crippen LogP contribution in [0, 0.1) is 17.8 Å². The molecule has 0 aromatic carbocycles. The fraction of sp³-hybridized carbons (Fsp3) is 0.943. The molecule has 17 nitrogen and oxygen atoms in total. The van der Waals surface area contributed by atoms with Crippen molar-refractivity contribution in [3.8, 4) is 0 Å². The number of unbranched alkanes of at least 4 members (excludes halogenated alkanes) is 35. The molecule has 0 saturated carbocycles. The minimum Gasteiger partial charge on any atom is -0.462 e. The molecule has 0 aliphatic carbocycles. The maximum atomic E-state index is 13.0. The lowest BCUT2D eigenvalue weighted by molar-refractivity contribution is -0.161. The van der Waals surface area contributed by atoms with Crippen LogP contribution in [0.25, 0.3) is 0 Å². The van der Waals surface area contributed by atoms with Gasteiger partial charge in [0, 0.05) is 25.7 Å². The van der Waals surface area contributed by atoms with Gasteiger partial charge in [0.1, 0.15) is 19.3 Å². The van der Waals surface area contributed by atoms with Crippen molar-refractivity contribution in [2.24, 2.45) is 17.8 Å². The largest absolute Gasteiger partial charge is 0.472 e. The first-order valence-corrected chi connectivity index (χ1v) is 39.4. The summed E-state index contributed by atoms with van der Waals surface area (Å²) in [5.41, 5.74) is 0. The second kappa shape index (κ2) is 61.0. The molecule has 0 rings (SSSR count). The van der Waals surface area contributed by atoms with Gasteiger partial charge in [0.15, 0.2) is 12.2 Å². The van der Waals surface area contributed by atoms with Gasteiger partial charge >= 0.3 is 39.5 Å². The molecule has 3 unspecified atom stereocenters. The SMILES string of the molecule is CCCCCCCCCC(=O)OC[C@H](COP(=O)(O)OC[C@H](O)COP(=O)(O)OC[C@@H](COC(=O)CCCCCCCCCCCCCC(C)C)OC(=O)CCCCCCCCCCCCCCCCCC(C)C)OC(=O)CCCCCCCCC(C)CC. The van der Waals surface area contributed by atoms with E-state index in [4.69, 9.17) is 37.0 Å². The third kappa shape index (κ3) is 63.2. The molecule has 0 heterocycles. The molecule has 89 heavy (non-hydrogen) atoms. The van der Waals surface area contributed by atoms with Crippen molar-refractivity contribution < 1.29 is 80.2 Å². The van der Waals surface area contributed by atoms with Gasteiger partial charge in [-0.2, -0.15) is 0 Å². The second-order valence-electron chi connectivity index (χ2n) is 26.5. The quantitative estimate of drug-likeness (QED) is 0.0222. The molecule has 0 saturated heterocycles. The number of esters is 4. The van der Waals surface area contributed by atoms with Crippen molar-refractivity contribution >= 4 is 39.5 Å². The number of phosphoric acid groups is 2. The Morgan fingerprint density at radius 2 is 0.573 bits per heavy atom. The molecule has 528 valence electrons. The summed E-state index contributed by atoms with van der Waals surface area (Å²) in [6, 6.07) is 0. The van der Waals surface area contributed by atoms with Crippen LogP contribution >= 0.6 is 15.6 Å². The van der Waals surface area contributed by atoms with Crippen LogP contribution in [-0.4, -0.2) is 96.7 Å². The maximum absolute atomic E-state index is 13.0. The van der Waals surface area contributed by atoms with Crippen molar-refractivity contribution in [3.63, 3.8) is 0 Å². The van der Waals surface area contributed by atoms with Gasteiger partial charge < -0.3 is 33.8 Å². The van der Waals surface area contributed by atoms with E-state index in [0.29, 0.717) is 25.7 Å². The molecular formula is C70H136O17P2. The lowest BCUT2D eigenvalue weighted by Gasteiger charge is -2.21. The summed E-state index contributed by atoms with van der Waals surface area (Å²) in [7, 11) is -9.90. The van der Waals surface area contributed by atoms with Crippen molar-refractivity contribution in [1.82, 2.24) is 0 Å². The number of aliphatic hydroxyl groups excluding tert-OH is 1. The molecule has 0 aromatic heterocycles. The number of rotatable bonds is 68. The monoisotopic (exact) mass is 1310 g/mol. The summed E-state index contributed by atoms with van der Waals surface area (Å²) in [6.07, 6.45) is 44.6. The number of aliphatic hydroxyl groups is 1. The molecule has 0 aliphatic rings. The van der Waals surface area contributed by atoms with Crippen LogP contribution in [0.2, 0.25) is 0 Å². The minimum absolute atomic E-state index is 0.102. The number of hydrogen-bond donors (Lipinski definition) is 3.